The predicted octanol–water partition coefficient (Wildman–Crippen LogP) is 3.92. The minimum Gasteiger partial charge on any atom is -0.386 e. The van der Waals surface area contributed by atoms with E-state index in [1.807, 2.05) is 24.3 Å². The number of thiophene rings is 1. The summed E-state index contributed by atoms with van der Waals surface area (Å²) in [7, 11) is 0. The molecule has 7 heteroatoms. The highest BCUT2D eigenvalue weighted by Gasteiger charge is 2.32. The molecule has 118 valence electrons. The van der Waals surface area contributed by atoms with E-state index in [2.05, 4.69) is 10.3 Å². The van der Waals surface area contributed by atoms with E-state index in [1.165, 1.54) is 11.3 Å². The molecule has 0 bridgehead atoms. The number of aliphatic hydroxyl groups is 1. The highest BCUT2D eigenvalue weighted by atomic mass is 35.5. The number of aromatic amines is 1. The molecule has 0 saturated heterocycles. The molecule has 3 N–H and O–H groups in total. The Morgan fingerprint density at radius 1 is 1.35 bits per heavy atom. The van der Waals surface area contributed by atoms with Crippen LogP contribution in [0.15, 0.2) is 30.3 Å². The van der Waals surface area contributed by atoms with Crippen LogP contribution < -0.4 is 5.32 Å². The maximum Gasteiger partial charge on any atom is 0.268 e. The lowest BCUT2D eigenvalue weighted by atomic mass is 10.1. The van der Waals surface area contributed by atoms with Gasteiger partial charge in [0, 0.05) is 0 Å². The summed E-state index contributed by atoms with van der Waals surface area (Å²) in [5, 5.41) is 13.7. The number of hydrogen-bond donors (Lipinski definition) is 3. The molecule has 1 unspecified atom stereocenters. The van der Waals surface area contributed by atoms with E-state index in [-0.39, 0.29) is 11.9 Å². The number of amides is 1. The topological polar surface area (TPSA) is 65.1 Å². The van der Waals surface area contributed by atoms with Crippen LogP contribution in [0.3, 0.4) is 0 Å². The summed E-state index contributed by atoms with van der Waals surface area (Å²) in [5.74, 6) is -0.266. The van der Waals surface area contributed by atoms with Gasteiger partial charge in [-0.3, -0.25) is 4.79 Å². The number of nitrogens with one attached hydrogen (secondary N) is 2. The van der Waals surface area contributed by atoms with Gasteiger partial charge in [-0.05, 0) is 23.6 Å². The molecule has 0 radical (unpaired) electrons. The van der Waals surface area contributed by atoms with E-state index < -0.39 is 6.10 Å². The number of carbonyl (C=O) groups is 1. The van der Waals surface area contributed by atoms with E-state index >= 15 is 0 Å². The highest BCUT2D eigenvalue weighted by molar-refractivity contribution is 7.23. The zero-order valence-corrected chi connectivity index (χ0v) is 14.1. The van der Waals surface area contributed by atoms with Gasteiger partial charge >= 0.3 is 0 Å². The van der Waals surface area contributed by atoms with Crippen LogP contribution in [0.5, 0.6) is 0 Å². The lowest BCUT2D eigenvalue weighted by molar-refractivity contribution is 0.0854. The Bertz CT molecular complexity index is 918. The summed E-state index contributed by atoms with van der Waals surface area (Å²) >= 11 is 13.4. The third-order valence-corrected chi connectivity index (χ3v) is 6.06. The number of benzene rings is 1. The Kier molecular flexibility index (Phi) is 3.61. The molecule has 2 aromatic heterocycles. The van der Waals surface area contributed by atoms with Crippen LogP contribution in [0.4, 0.5) is 0 Å². The van der Waals surface area contributed by atoms with Gasteiger partial charge in [0.15, 0.2) is 0 Å². The molecular formula is C16H12Cl2N2O2S. The summed E-state index contributed by atoms with van der Waals surface area (Å²) in [4.78, 5) is 15.4. The van der Waals surface area contributed by atoms with Gasteiger partial charge in [-0.15, -0.1) is 11.3 Å². The van der Waals surface area contributed by atoms with Crippen molar-refractivity contribution in [2.45, 2.75) is 18.6 Å². The second-order valence-corrected chi connectivity index (χ2v) is 7.57. The average molecular weight is 367 g/mol. The van der Waals surface area contributed by atoms with Crippen LogP contribution in [-0.4, -0.2) is 22.0 Å². The molecule has 0 fully saturated rings. The van der Waals surface area contributed by atoms with Gasteiger partial charge in [0.2, 0.25) is 0 Å². The average Bonchev–Trinajstić information content (AvgIpc) is 3.16. The summed E-state index contributed by atoms with van der Waals surface area (Å²) in [5.41, 5.74) is 3.02. The van der Waals surface area contributed by atoms with Gasteiger partial charge in [-0.1, -0.05) is 47.5 Å². The molecule has 3 aromatic rings. The molecule has 4 nitrogen and oxygen atoms in total. The lowest BCUT2D eigenvalue weighted by Crippen LogP contribution is -2.37. The monoisotopic (exact) mass is 366 g/mol. The molecule has 2 heterocycles. The highest BCUT2D eigenvalue weighted by Crippen LogP contribution is 2.39. The number of H-pyrrole nitrogens is 1. The first-order chi connectivity index (χ1) is 11.0. The molecular weight excluding hydrogens is 355 g/mol. The second-order valence-electron chi connectivity index (χ2n) is 5.54. The fraction of sp³-hybridized carbons (Fsp3) is 0.188. The number of hydrogen-bond acceptors (Lipinski definition) is 3. The Hall–Kier alpha value is -1.53. The molecule has 1 amide bonds. The van der Waals surface area contributed by atoms with E-state index in [0.717, 1.165) is 15.8 Å². The van der Waals surface area contributed by atoms with Crippen molar-refractivity contribution < 1.29 is 9.90 Å². The van der Waals surface area contributed by atoms with Crippen molar-refractivity contribution in [2.75, 3.05) is 0 Å². The first-order valence-corrected chi connectivity index (χ1v) is 8.65. The molecule has 2 atom stereocenters. The number of fused-ring (bicyclic) bond motifs is 2. The number of rotatable bonds is 2. The van der Waals surface area contributed by atoms with E-state index in [0.29, 0.717) is 27.0 Å². The van der Waals surface area contributed by atoms with Crippen molar-refractivity contribution in [3.8, 4) is 0 Å². The molecule has 0 saturated carbocycles. The van der Waals surface area contributed by atoms with Crippen molar-refractivity contribution >= 4 is 50.7 Å². The Labute approximate surface area is 146 Å². The molecule has 23 heavy (non-hydrogen) atoms. The summed E-state index contributed by atoms with van der Waals surface area (Å²) in [6, 6.07) is 9.06. The number of aliphatic hydroxyl groups excluding tert-OH is 1. The van der Waals surface area contributed by atoms with Crippen molar-refractivity contribution in [3.63, 3.8) is 0 Å². The Morgan fingerprint density at radius 2 is 2.13 bits per heavy atom. The standard InChI is InChI=1S/C16H12Cl2N2O2S/c17-12-13-11(23-15(12)18)6-10(19-13)16(22)20-9-5-7-3-1-2-4-8(7)14(9)21/h1-4,6,9,14,19,21H,5H2,(H,20,22)/t9?,14-/m1/s1. The smallest absolute Gasteiger partial charge is 0.268 e. The Morgan fingerprint density at radius 3 is 2.87 bits per heavy atom. The number of halogens is 2. The van der Waals surface area contributed by atoms with Crippen LogP contribution in [0, 0.1) is 0 Å². The maximum absolute atomic E-state index is 12.4. The van der Waals surface area contributed by atoms with Crippen molar-refractivity contribution in [2.24, 2.45) is 0 Å². The lowest BCUT2D eigenvalue weighted by Gasteiger charge is -2.16. The van der Waals surface area contributed by atoms with Gasteiger partial charge in [0.05, 0.1) is 27.4 Å². The largest absolute Gasteiger partial charge is 0.386 e. The third-order valence-electron chi connectivity index (χ3n) is 4.13. The fourth-order valence-electron chi connectivity index (χ4n) is 2.99. The van der Waals surface area contributed by atoms with Crippen LogP contribution in [-0.2, 0) is 6.42 Å². The number of carbonyl (C=O) groups excluding carboxylic acids is 1. The maximum atomic E-state index is 12.4. The third kappa shape index (κ3) is 2.44. The summed E-state index contributed by atoms with van der Waals surface area (Å²) in [6.07, 6.45) is -0.0747. The molecule has 1 aromatic carbocycles. The fourth-order valence-corrected chi connectivity index (χ4v) is 4.47. The van der Waals surface area contributed by atoms with Crippen LogP contribution >= 0.6 is 34.5 Å². The van der Waals surface area contributed by atoms with Gasteiger partial charge in [0.25, 0.3) is 5.91 Å². The van der Waals surface area contributed by atoms with Gasteiger partial charge in [-0.25, -0.2) is 0 Å². The molecule has 1 aliphatic rings. The van der Waals surface area contributed by atoms with Crippen molar-refractivity contribution in [1.82, 2.24) is 10.3 Å². The first-order valence-electron chi connectivity index (χ1n) is 7.08. The number of aromatic nitrogens is 1. The van der Waals surface area contributed by atoms with Crippen LogP contribution in [0.1, 0.15) is 27.7 Å². The minimum absolute atomic E-state index is 0.266. The minimum atomic E-state index is -0.690. The quantitative estimate of drug-likeness (QED) is 0.643. The summed E-state index contributed by atoms with van der Waals surface area (Å²) in [6.45, 7) is 0. The molecule has 0 aliphatic heterocycles. The van der Waals surface area contributed by atoms with Crippen molar-refractivity contribution in [3.05, 3.63) is 56.5 Å². The van der Waals surface area contributed by atoms with Crippen LogP contribution in [0.25, 0.3) is 10.2 Å². The van der Waals surface area contributed by atoms with E-state index in [9.17, 15) is 9.90 Å². The second kappa shape index (κ2) is 5.53. The normalized spacial score (nSPS) is 20.0. The van der Waals surface area contributed by atoms with Gasteiger partial charge in [0.1, 0.15) is 10.0 Å². The first kappa shape index (κ1) is 15.0. The van der Waals surface area contributed by atoms with E-state index in [4.69, 9.17) is 23.2 Å². The molecule has 4 rings (SSSR count). The van der Waals surface area contributed by atoms with E-state index in [1.54, 1.807) is 6.07 Å². The van der Waals surface area contributed by atoms with Gasteiger partial charge in [-0.2, -0.15) is 0 Å². The van der Waals surface area contributed by atoms with Crippen molar-refractivity contribution in [1.29, 1.82) is 0 Å². The molecule has 1 aliphatic carbocycles. The molecule has 0 spiro atoms. The predicted molar refractivity (Wildman–Crippen MR) is 92.6 cm³/mol. The Balaban J connectivity index is 1.56. The van der Waals surface area contributed by atoms with Crippen LogP contribution in [0.2, 0.25) is 9.36 Å². The zero-order chi connectivity index (χ0) is 16.1. The van der Waals surface area contributed by atoms with Gasteiger partial charge < -0.3 is 15.4 Å². The zero-order valence-electron chi connectivity index (χ0n) is 11.8. The summed E-state index contributed by atoms with van der Waals surface area (Å²) < 4.78 is 1.34. The SMILES string of the molecule is O=C(NC1Cc2ccccc2[C@H]1O)c1cc2sc(Cl)c(Cl)c2[nH]1.